The number of thiophene rings is 1. The van der Waals surface area contributed by atoms with Crippen molar-refractivity contribution in [3.8, 4) is 0 Å². The Bertz CT molecular complexity index is 326. The summed E-state index contributed by atoms with van der Waals surface area (Å²) in [5.41, 5.74) is 0.364. The molecule has 0 aliphatic carbocycles. The molecule has 1 aliphatic heterocycles. The van der Waals surface area contributed by atoms with E-state index in [1.165, 1.54) is 4.88 Å². The molecule has 1 aromatic rings. The van der Waals surface area contributed by atoms with Gasteiger partial charge in [0, 0.05) is 17.5 Å². The molecule has 0 radical (unpaired) electrons. The summed E-state index contributed by atoms with van der Waals surface area (Å²) in [4.78, 5) is 1.30. The van der Waals surface area contributed by atoms with E-state index in [2.05, 4.69) is 31.5 Å². The van der Waals surface area contributed by atoms with Gasteiger partial charge in [0.05, 0.1) is 5.02 Å². The van der Waals surface area contributed by atoms with E-state index in [1.807, 2.05) is 6.07 Å². The summed E-state index contributed by atoms with van der Waals surface area (Å²) < 4.78 is 0. The van der Waals surface area contributed by atoms with Gasteiger partial charge in [0.15, 0.2) is 0 Å². The summed E-state index contributed by atoms with van der Waals surface area (Å²) in [7, 11) is 0. The lowest BCUT2D eigenvalue weighted by Gasteiger charge is -2.46. The van der Waals surface area contributed by atoms with E-state index in [0.29, 0.717) is 17.4 Å². The third-order valence-corrected chi connectivity index (χ3v) is 4.44. The Morgan fingerprint density at radius 3 is 2.57 bits per heavy atom. The van der Waals surface area contributed by atoms with E-state index < -0.39 is 0 Å². The molecule has 0 bridgehead atoms. The molecule has 1 N–H and O–H groups in total. The molecular weight excluding hydrogens is 214 g/mol. The van der Waals surface area contributed by atoms with E-state index in [-0.39, 0.29) is 0 Å². The summed E-state index contributed by atoms with van der Waals surface area (Å²) in [6, 6.07) is 2.46. The van der Waals surface area contributed by atoms with Gasteiger partial charge in [0.1, 0.15) is 0 Å². The van der Waals surface area contributed by atoms with E-state index in [4.69, 9.17) is 11.6 Å². The predicted molar refractivity (Wildman–Crippen MR) is 63.0 cm³/mol. The highest BCUT2D eigenvalue weighted by Crippen LogP contribution is 2.45. The van der Waals surface area contributed by atoms with Crippen LogP contribution in [0, 0.1) is 11.3 Å². The highest BCUT2D eigenvalue weighted by molar-refractivity contribution is 7.10. The Labute approximate surface area is 94.5 Å². The van der Waals surface area contributed by atoms with Crippen molar-refractivity contribution >= 4 is 22.9 Å². The monoisotopic (exact) mass is 229 g/mol. The van der Waals surface area contributed by atoms with Crippen LogP contribution in [-0.2, 0) is 0 Å². The SMILES string of the molecule is CC(C)(C)C1CNC1c1sccc1Cl. The highest BCUT2D eigenvalue weighted by atomic mass is 35.5. The molecule has 0 spiro atoms. The molecule has 78 valence electrons. The lowest BCUT2D eigenvalue weighted by atomic mass is 9.71. The first-order valence-electron chi connectivity index (χ1n) is 4.96. The molecule has 2 rings (SSSR count). The summed E-state index contributed by atoms with van der Waals surface area (Å²) in [6.07, 6.45) is 0. The van der Waals surface area contributed by atoms with Crippen LogP contribution in [0.1, 0.15) is 31.7 Å². The second-order valence-corrected chi connectivity index (χ2v) is 6.35. The number of hydrogen-bond acceptors (Lipinski definition) is 2. The molecule has 2 unspecified atom stereocenters. The molecule has 1 aliphatic rings. The van der Waals surface area contributed by atoms with Crippen molar-refractivity contribution in [1.82, 2.24) is 5.32 Å². The zero-order valence-corrected chi connectivity index (χ0v) is 10.4. The largest absolute Gasteiger partial charge is 0.309 e. The normalized spacial score (nSPS) is 27.4. The van der Waals surface area contributed by atoms with Gasteiger partial charge in [-0.05, 0) is 22.8 Å². The Balaban J connectivity index is 2.18. The summed E-state index contributed by atoms with van der Waals surface area (Å²) in [6.45, 7) is 8.01. The van der Waals surface area contributed by atoms with Crippen LogP contribution in [0.2, 0.25) is 5.02 Å². The van der Waals surface area contributed by atoms with Gasteiger partial charge in [-0.1, -0.05) is 32.4 Å². The first kappa shape index (κ1) is 10.5. The van der Waals surface area contributed by atoms with Gasteiger partial charge in [-0.2, -0.15) is 0 Å². The van der Waals surface area contributed by atoms with Crippen LogP contribution in [0.3, 0.4) is 0 Å². The molecule has 1 saturated heterocycles. The van der Waals surface area contributed by atoms with Crippen LogP contribution >= 0.6 is 22.9 Å². The summed E-state index contributed by atoms with van der Waals surface area (Å²) in [5, 5.41) is 6.46. The predicted octanol–water partition coefficient (Wildman–Crippen LogP) is 3.71. The van der Waals surface area contributed by atoms with Gasteiger partial charge >= 0.3 is 0 Å². The minimum Gasteiger partial charge on any atom is -0.309 e. The van der Waals surface area contributed by atoms with Gasteiger partial charge in [-0.25, -0.2) is 0 Å². The van der Waals surface area contributed by atoms with E-state index in [0.717, 1.165) is 11.6 Å². The van der Waals surface area contributed by atoms with Crippen molar-refractivity contribution in [3.05, 3.63) is 21.3 Å². The number of hydrogen-bond donors (Lipinski definition) is 1. The van der Waals surface area contributed by atoms with E-state index in [9.17, 15) is 0 Å². The topological polar surface area (TPSA) is 12.0 Å². The maximum Gasteiger partial charge on any atom is 0.0561 e. The van der Waals surface area contributed by atoms with Crippen LogP contribution < -0.4 is 5.32 Å². The molecule has 2 atom stereocenters. The van der Waals surface area contributed by atoms with Crippen LogP contribution in [0.4, 0.5) is 0 Å². The zero-order valence-electron chi connectivity index (χ0n) is 8.80. The molecule has 0 saturated carbocycles. The van der Waals surface area contributed by atoms with Gasteiger partial charge in [0.25, 0.3) is 0 Å². The number of nitrogens with one attached hydrogen (secondary N) is 1. The van der Waals surface area contributed by atoms with Crippen LogP contribution in [0.5, 0.6) is 0 Å². The maximum absolute atomic E-state index is 6.13. The summed E-state index contributed by atoms with van der Waals surface area (Å²) >= 11 is 7.89. The van der Waals surface area contributed by atoms with Crippen molar-refractivity contribution in [2.45, 2.75) is 26.8 Å². The average Bonchev–Trinajstić information content (AvgIpc) is 2.30. The van der Waals surface area contributed by atoms with Crippen LogP contribution in [-0.4, -0.2) is 6.54 Å². The quantitative estimate of drug-likeness (QED) is 0.774. The second-order valence-electron chi connectivity index (χ2n) is 4.99. The Kier molecular flexibility index (Phi) is 2.63. The molecule has 1 fully saturated rings. The van der Waals surface area contributed by atoms with Crippen molar-refractivity contribution in [2.24, 2.45) is 11.3 Å². The van der Waals surface area contributed by atoms with Gasteiger partial charge in [0.2, 0.25) is 0 Å². The molecule has 0 amide bonds. The molecule has 2 heterocycles. The number of rotatable bonds is 1. The highest BCUT2D eigenvalue weighted by Gasteiger charge is 2.40. The van der Waals surface area contributed by atoms with E-state index in [1.54, 1.807) is 11.3 Å². The van der Waals surface area contributed by atoms with Crippen LogP contribution in [0.25, 0.3) is 0 Å². The summed E-state index contributed by atoms with van der Waals surface area (Å²) in [5.74, 6) is 0.707. The standard InChI is InChI=1S/C11H16ClNS/c1-11(2,3)7-6-13-9(7)10-8(12)4-5-14-10/h4-5,7,9,13H,6H2,1-3H3. The Morgan fingerprint density at radius 2 is 2.21 bits per heavy atom. The lowest BCUT2D eigenvalue weighted by Crippen LogP contribution is -2.51. The van der Waals surface area contributed by atoms with Crippen molar-refractivity contribution in [3.63, 3.8) is 0 Å². The zero-order chi connectivity index (χ0) is 10.3. The smallest absolute Gasteiger partial charge is 0.0561 e. The van der Waals surface area contributed by atoms with Gasteiger partial charge in [-0.15, -0.1) is 11.3 Å². The molecular formula is C11H16ClNS. The van der Waals surface area contributed by atoms with Crippen molar-refractivity contribution in [1.29, 1.82) is 0 Å². The fourth-order valence-electron chi connectivity index (χ4n) is 1.96. The fraction of sp³-hybridized carbons (Fsp3) is 0.636. The Hall–Kier alpha value is -0.0500. The number of halogens is 1. The molecule has 1 nitrogen and oxygen atoms in total. The minimum atomic E-state index is 0.364. The first-order chi connectivity index (χ1) is 6.50. The van der Waals surface area contributed by atoms with E-state index >= 15 is 0 Å². The van der Waals surface area contributed by atoms with Crippen molar-refractivity contribution < 1.29 is 0 Å². The van der Waals surface area contributed by atoms with Gasteiger partial charge in [-0.3, -0.25) is 0 Å². The maximum atomic E-state index is 6.13. The molecule has 1 aromatic heterocycles. The second kappa shape index (κ2) is 3.51. The lowest BCUT2D eigenvalue weighted by molar-refractivity contribution is 0.101. The Morgan fingerprint density at radius 1 is 1.50 bits per heavy atom. The third-order valence-electron chi connectivity index (χ3n) is 3.00. The van der Waals surface area contributed by atoms with Crippen molar-refractivity contribution in [2.75, 3.05) is 6.54 Å². The molecule has 0 aromatic carbocycles. The van der Waals surface area contributed by atoms with Gasteiger partial charge < -0.3 is 5.32 Å². The molecule has 14 heavy (non-hydrogen) atoms. The fourth-order valence-corrected chi connectivity index (χ4v) is 3.28. The van der Waals surface area contributed by atoms with Crippen LogP contribution in [0.15, 0.2) is 11.4 Å². The average molecular weight is 230 g/mol. The first-order valence-corrected chi connectivity index (χ1v) is 6.22. The third kappa shape index (κ3) is 1.71. The minimum absolute atomic E-state index is 0.364. The molecule has 3 heteroatoms.